The number of nitrogens with one attached hydrogen (secondary N) is 1. The SMILES string of the molecule is Cc1ccc(NC(=O)CN(C)C(=O)c2ccccc2O)cc1. The average molecular weight is 298 g/mol. The van der Waals surface area contributed by atoms with Crippen LogP contribution in [-0.4, -0.2) is 35.4 Å². The number of phenols is 1. The van der Waals surface area contributed by atoms with Gasteiger partial charge < -0.3 is 15.3 Å². The number of anilines is 1. The number of hydrogen-bond acceptors (Lipinski definition) is 3. The normalized spacial score (nSPS) is 10.1. The number of likely N-dealkylation sites (N-methyl/N-ethyl adjacent to an activating group) is 1. The molecule has 0 saturated carbocycles. The smallest absolute Gasteiger partial charge is 0.257 e. The molecule has 2 amide bonds. The number of para-hydroxylation sites is 1. The number of carbonyl (C=O) groups is 2. The molecule has 2 rings (SSSR count). The number of hydrogen-bond donors (Lipinski definition) is 2. The van der Waals surface area contributed by atoms with E-state index in [1.807, 2.05) is 19.1 Å². The van der Waals surface area contributed by atoms with Gasteiger partial charge in [-0.15, -0.1) is 0 Å². The molecule has 2 aromatic rings. The second kappa shape index (κ2) is 6.76. The first-order valence-electron chi connectivity index (χ1n) is 6.87. The third-order valence-electron chi connectivity index (χ3n) is 3.20. The quantitative estimate of drug-likeness (QED) is 0.910. The Morgan fingerprint density at radius 2 is 1.73 bits per heavy atom. The minimum atomic E-state index is -0.405. The van der Waals surface area contributed by atoms with Crippen molar-refractivity contribution in [2.75, 3.05) is 18.9 Å². The van der Waals surface area contributed by atoms with Crippen molar-refractivity contribution < 1.29 is 14.7 Å². The predicted octanol–water partition coefficient (Wildman–Crippen LogP) is 2.41. The van der Waals surface area contributed by atoms with E-state index in [4.69, 9.17) is 0 Å². The van der Waals surface area contributed by atoms with Gasteiger partial charge in [0.05, 0.1) is 12.1 Å². The number of amides is 2. The summed E-state index contributed by atoms with van der Waals surface area (Å²) in [6, 6.07) is 13.7. The van der Waals surface area contributed by atoms with E-state index in [1.165, 1.54) is 24.1 Å². The molecule has 0 aliphatic rings. The van der Waals surface area contributed by atoms with Crippen LogP contribution in [0.25, 0.3) is 0 Å². The lowest BCUT2D eigenvalue weighted by atomic mass is 10.2. The zero-order valence-corrected chi connectivity index (χ0v) is 12.5. The molecular formula is C17H18N2O3. The summed E-state index contributed by atoms with van der Waals surface area (Å²) in [5.41, 5.74) is 1.96. The zero-order chi connectivity index (χ0) is 16.1. The molecule has 0 bridgehead atoms. The summed E-state index contributed by atoms with van der Waals surface area (Å²) in [6.45, 7) is 1.87. The van der Waals surface area contributed by atoms with Gasteiger partial charge in [0.2, 0.25) is 5.91 Å². The first-order chi connectivity index (χ1) is 10.5. The summed E-state index contributed by atoms with van der Waals surface area (Å²) >= 11 is 0. The van der Waals surface area contributed by atoms with Gasteiger partial charge in [-0.25, -0.2) is 0 Å². The fraction of sp³-hybridized carbons (Fsp3) is 0.176. The number of aryl methyl sites for hydroxylation is 1. The zero-order valence-electron chi connectivity index (χ0n) is 12.5. The van der Waals surface area contributed by atoms with Gasteiger partial charge in [-0.2, -0.15) is 0 Å². The number of benzene rings is 2. The maximum absolute atomic E-state index is 12.2. The van der Waals surface area contributed by atoms with E-state index < -0.39 is 5.91 Å². The van der Waals surface area contributed by atoms with Crippen molar-refractivity contribution in [3.05, 3.63) is 59.7 Å². The molecule has 114 valence electrons. The number of rotatable bonds is 4. The lowest BCUT2D eigenvalue weighted by Gasteiger charge is -2.17. The van der Waals surface area contributed by atoms with E-state index in [9.17, 15) is 14.7 Å². The van der Waals surface area contributed by atoms with Gasteiger partial charge in [0.1, 0.15) is 5.75 Å². The molecule has 0 fully saturated rings. The van der Waals surface area contributed by atoms with Crippen LogP contribution < -0.4 is 5.32 Å². The fourth-order valence-corrected chi connectivity index (χ4v) is 1.98. The molecule has 0 heterocycles. The summed E-state index contributed by atoms with van der Waals surface area (Å²) in [5.74, 6) is -0.800. The van der Waals surface area contributed by atoms with Gasteiger partial charge in [-0.05, 0) is 31.2 Å². The third-order valence-corrected chi connectivity index (χ3v) is 3.20. The monoisotopic (exact) mass is 298 g/mol. The predicted molar refractivity (Wildman–Crippen MR) is 84.9 cm³/mol. The topological polar surface area (TPSA) is 69.6 Å². The Morgan fingerprint density at radius 3 is 2.36 bits per heavy atom. The molecule has 0 saturated heterocycles. The van der Waals surface area contributed by atoms with Crippen molar-refractivity contribution in [3.63, 3.8) is 0 Å². The maximum Gasteiger partial charge on any atom is 0.257 e. The molecule has 5 nitrogen and oxygen atoms in total. The number of aromatic hydroxyl groups is 1. The van der Waals surface area contributed by atoms with Crippen molar-refractivity contribution in [1.82, 2.24) is 4.90 Å². The maximum atomic E-state index is 12.2. The van der Waals surface area contributed by atoms with Gasteiger partial charge in [-0.1, -0.05) is 29.8 Å². The van der Waals surface area contributed by atoms with Crippen LogP contribution in [-0.2, 0) is 4.79 Å². The lowest BCUT2D eigenvalue weighted by Crippen LogP contribution is -2.34. The highest BCUT2D eigenvalue weighted by atomic mass is 16.3. The molecule has 2 N–H and O–H groups in total. The second-order valence-corrected chi connectivity index (χ2v) is 5.09. The molecule has 2 aromatic carbocycles. The molecule has 0 aliphatic heterocycles. The summed E-state index contributed by atoms with van der Waals surface area (Å²) < 4.78 is 0. The van der Waals surface area contributed by atoms with Crippen LogP contribution in [0, 0.1) is 6.92 Å². The van der Waals surface area contributed by atoms with Crippen molar-refractivity contribution in [2.45, 2.75) is 6.92 Å². The second-order valence-electron chi connectivity index (χ2n) is 5.09. The highest BCUT2D eigenvalue weighted by Crippen LogP contribution is 2.17. The summed E-state index contributed by atoms with van der Waals surface area (Å²) in [4.78, 5) is 25.4. The fourth-order valence-electron chi connectivity index (χ4n) is 1.98. The molecule has 0 aliphatic carbocycles. The van der Waals surface area contributed by atoms with Gasteiger partial charge in [0.25, 0.3) is 5.91 Å². The Bertz CT molecular complexity index is 681. The van der Waals surface area contributed by atoms with Crippen molar-refractivity contribution in [3.8, 4) is 5.75 Å². The molecule has 0 aromatic heterocycles. The highest BCUT2D eigenvalue weighted by Gasteiger charge is 2.17. The molecule has 22 heavy (non-hydrogen) atoms. The van der Waals surface area contributed by atoms with E-state index in [1.54, 1.807) is 24.3 Å². The third kappa shape index (κ3) is 3.85. The van der Waals surface area contributed by atoms with Crippen molar-refractivity contribution in [1.29, 1.82) is 0 Å². The van der Waals surface area contributed by atoms with E-state index in [0.717, 1.165) is 5.56 Å². The molecule has 0 unspecified atom stereocenters. The van der Waals surface area contributed by atoms with Crippen LogP contribution in [0.3, 0.4) is 0 Å². The van der Waals surface area contributed by atoms with Crippen LogP contribution in [0.5, 0.6) is 5.75 Å². The first kappa shape index (κ1) is 15.6. The Balaban J connectivity index is 1.97. The highest BCUT2D eigenvalue weighted by molar-refractivity contribution is 6.00. The van der Waals surface area contributed by atoms with Gasteiger partial charge in [0, 0.05) is 12.7 Å². The Morgan fingerprint density at radius 1 is 1.09 bits per heavy atom. The van der Waals surface area contributed by atoms with Crippen LogP contribution in [0.2, 0.25) is 0 Å². The van der Waals surface area contributed by atoms with E-state index in [0.29, 0.717) is 5.69 Å². The molecular weight excluding hydrogens is 280 g/mol. The van der Waals surface area contributed by atoms with Crippen molar-refractivity contribution >= 4 is 17.5 Å². The number of nitrogens with zero attached hydrogens (tertiary/aromatic N) is 1. The standard InChI is InChI=1S/C17H18N2O3/c1-12-7-9-13(10-8-12)18-16(21)11-19(2)17(22)14-5-3-4-6-15(14)20/h3-10,20H,11H2,1-2H3,(H,18,21). The lowest BCUT2D eigenvalue weighted by molar-refractivity contribution is -0.116. The minimum Gasteiger partial charge on any atom is -0.507 e. The van der Waals surface area contributed by atoms with Gasteiger partial charge in [0.15, 0.2) is 0 Å². The Kier molecular flexibility index (Phi) is 4.78. The number of phenolic OH excluding ortho intramolecular Hbond substituents is 1. The molecule has 0 atom stereocenters. The van der Waals surface area contributed by atoms with Crippen LogP contribution in [0.4, 0.5) is 5.69 Å². The molecule has 0 spiro atoms. The number of carbonyl (C=O) groups excluding carboxylic acids is 2. The first-order valence-corrected chi connectivity index (χ1v) is 6.87. The van der Waals surface area contributed by atoms with Crippen LogP contribution >= 0.6 is 0 Å². The Labute approximate surface area is 129 Å². The van der Waals surface area contributed by atoms with Crippen LogP contribution in [0.15, 0.2) is 48.5 Å². The summed E-state index contributed by atoms with van der Waals surface area (Å²) in [6.07, 6.45) is 0. The largest absolute Gasteiger partial charge is 0.507 e. The molecule has 0 radical (unpaired) electrons. The molecule has 5 heteroatoms. The van der Waals surface area contributed by atoms with E-state index in [-0.39, 0.29) is 23.8 Å². The van der Waals surface area contributed by atoms with Crippen molar-refractivity contribution in [2.24, 2.45) is 0 Å². The van der Waals surface area contributed by atoms with Gasteiger partial charge in [-0.3, -0.25) is 9.59 Å². The summed E-state index contributed by atoms with van der Waals surface area (Å²) in [7, 11) is 1.52. The van der Waals surface area contributed by atoms with Crippen LogP contribution in [0.1, 0.15) is 15.9 Å². The van der Waals surface area contributed by atoms with E-state index >= 15 is 0 Å². The summed E-state index contributed by atoms with van der Waals surface area (Å²) in [5, 5.41) is 12.4. The average Bonchev–Trinajstić information content (AvgIpc) is 2.49. The Hall–Kier alpha value is -2.82. The minimum absolute atomic E-state index is 0.0962. The van der Waals surface area contributed by atoms with E-state index in [2.05, 4.69) is 5.32 Å². The van der Waals surface area contributed by atoms with Gasteiger partial charge >= 0.3 is 0 Å².